The minimum absolute atomic E-state index is 0.0962. The van der Waals surface area contributed by atoms with E-state index in [1.165, 1.54) is 6.20 Å². The number of nitrogens with one attached hydrogen (secondary N) is 2. The molecule has 0 radical (unpaired) electrons. The molecule has 2 heterocycles. The first-order valence-electron chi connectivity index (χ1n) is 5.59. The number of rotatable bonds is 2. The summed E-state index contributed by atoms with van der Waals surface area (Å²) >= 11 is 5.66. The zero-order chi connectivity index (χ0) is 13.2. The van der Waals surface area contributed by atoms with Crippen molar-refractivity contribution in [3.05, 3.63) is 53.6 Å². The van der Waals surface area contributed by atoms with Gasteiger partial charge in [-0.25, -0.2) is 9.97 Å². The lowest BCUT2D eigenvalue weighted by Crippen LogP contribution is -2.12. The molecule has 3 aromatic rings. The molecular weight excluding hydrogens is 264 g/mol. The fraction of sp³-hybridized carbons (Fsp3) is 0. The van der Waals surface area contributed by atoms with Gasteiger partial charge in [-0.3, -0.25) is 4.79 Å². The molecule has 94 valence electrons. The summed E-state index contributed by atoms with van der Waals surface area (Å²) in [6.07, 6.45) is 3.32. The summed E-state index contributed by atoms with van der Waals surface area (Å²) in [7, 11) is 0. The van der Waals surface area contributed by atoms with Crippen molar-refractivity contribution in [3.63, 3.8) is 0 Å². The monoisotopic (exact) mass is 272 g/mol. The minimum Gasteiger partial charge on any atom is -0.361 e. The average molecular weight is 273 g/mol. The molecule has 0 saturated heterocycles. The van der Waals surface area contributed by atoms with Crippen LogP contribution in [0.5, 0.6) is 0 Å². The third-order valence-electron chi connectivity index (χ3n) is 2.68. The van der Waals surface area contributed by atoms with Crippen LogP contribution in [0, 0.1) is 0 Å². The van der Waals surface area contributed by atoms with Gasteiger partial charge in [0.15, 0.2) is 0 Å². The second-order valence-corrected chi connectivity index (χ2v) is 4.28. The molecule has 0 bridgehead atoms. The molecule has 19 heavy (non-hydrogen) atoms. The number of carbonyl (C=O) groups is 1. The summed E-state index contributed by atoms with van der Waals surface area (Å²) in [4.78, 5) is 22.8. The first kappa shape index (κ1) is 11.7. The Morgan fingerprint density at radius 3 is 3.00 bits per heavy atom. The van der Waals surface area contributed by atoms with Gasteiger partial charge in [-0.1, -0.05) is 0 Å². The number of aromatic nitrogens is 3. The third-order valence-corrected chi connectivity index (χ3v) is 2.87. The first-order valence-corrected chi connectivity index (χ1v) is 5.97. The van der Waals surface area contributed by atoms with E-state index in [-0.39, 0.29) is 11.2 Å². The molecule has 3 rings (SSSR count). The number of H-pyrrole nitrogens is 1. The average Bonchev–Trinajstić information content (AvgIpc) is 2.85. The number of carbonyl (C=O) groups excluding carboxylic acids is 1. The van der Waals surface area contributed by atoms with Crippen LogP contribution in [0.1, 0.15) is 10.4 Å². The summed E-state index contributed by atoms with van der Waals surface area (Å²) in [5.41, 5.74) is 1.54. The largest absolute Gasteiger partial charge is 0.361 e. The van der Waals surface area contributed by atoms with Gasteiger partial charge in [0, 0.05) is 28.9 Å². The number of fused-ring (bicyclic) bond motifs is 1. The molecular formula is C13H9ClN4O. The Balaban J connectivity index is 1.87. The number of hydrogen-bond donors (Lipinski definition) is 2. The van der Waals surface area contributed by atoms with E-state index in [2.05, 4.69) is 20.3 Å². The molecule has 1 amide bonds. The number of nitrogens with zero attached hydrogens (tertiary/aromatic N) is 2. The van der Waals surface area contributed by atoms with Gasteiger partial charge in [0.05, 0.1) is 0 Å². The number of amides is 1. The fourth-order valence-electron chi connectivity index (χ4n) is 1.79. The predicted molar refractivity (Wildman–Crippen MR) is 73.3 cm³/mol. The SMILES string of the molecule is O=C(Nc1ccnc(Cl)n1)c1ccc2[nH]ccc2c1. The molecule has 0 aliphatic heterocycles. The lowest BCUT2D eigenvalue weighted by atomic mass is 10.1. The van der Waals surface area contributed by atoms with Crippen LogP contribution in [0.2, 0.25) is 5.28 Å². The zero-order valence-electron chi connectivity index (χ0n) is 9.72. The van der Waals surface area contributed by atoms with Crippen molar-refractivity contribution >= 4 is 34.2 Å². The molecule has 0 saturated carbocycles. The summed E-state index contributed by atoms with van der Waals surface area (Å²) < 4.78 is 0. The highest BCUT2D eigenvalue weighted by molar-refractivity contribution is 6.28. The first-order chi connectivity index (χ1) is 9.22. The van der Waals surface area contributed by atoms with E-state index in [4.69, 9.17) is 11.6 Å². The number of aromatic amines is 1. The molecule has 5 nitrogen and oxygen atoms in total. The van der Waals surface area contributed by atoms with Crippen molar-refractivity contribution in [2.45, 2.75) is 0 Å². The molecule has 2 N–H and O–H groups in total. The van der Waals surface area contributed by atoms with E-state index < -0.39 is 0 Å². The van der Waals surface area contributed by atoms with Gasteiger partial charge in [0.25, 0.3) is 5.91 Å². The summed E-state index contributed by atoms with van der Waals surface area (Å²) in [6.45, 7) is 0. The van der Waals surface area contributed by atoms with Gasteiger partial charge in [-0.2, -0.15) is 0 Å². The van der Waals surface area contributed by atoms with Crippen LogP contribution < -0.4 is 5.32 Å². The molecule has 1 aromatic carbocycles. The molecule has 0 spiro atoms. The van der Waals surface area contributed by atoms with Gasteiger partial charge >= 0.3 is 0 Å². The van der Waals surface area contributed by atoms with Crippen LogP contribution in [0.4, 0.5) is 5.82 Å². The Labute approximate surface area is 113 Å². The number of halogens is 1. The molecule has 0 atom stereocenters. The van der Waals surface area contributed by atoms with E-state index in [1.54, 1.807) is 12.1 Å². The van der Waals surface area contributed by atoms with Gasteiger partial charge < -0.3 is 10.3 Å². The zero-order valence-corrected chi connectivity index (χ0v) is 10.5. The highest BCUT2D eigenvalue weighted by Crippen LogP contribution is 2.15. The smallest absolute Gasteiger partial charge is 0.256 e. The number of benzene rings is 1. The van der Waals surface area contributed by atoms with Crippen LogP contribution in [0.25, 0.3) is 10.9 Å². The van der Waals surface area contributed by atoms with Gasteiger partial charge in [-0.15, -0.1) is 0 Å². The molecule has 0 unspecified atom stereocenters. The molecule has 2 aromatic heterocycles. The second kappa shape index (κ2) is 4.70. The lowest BCUT2D eigenvalue weighted by Gasteiger charge is -2.04. The maximum absolute atomic E-state index is 12.1. The summed E-state index contributed by atoms with van der Waals surface area (Å²) in [5, 5.41) is 3.75. The Morgan fingerprint density at radius 1 is 1.26 bits per heavy atom. The van der Waals surface area contributed by atoms with E-state index in [1.807, 2.05) is 24.4 Å². The van der Waals surface area contributed by atoms with Crippen molar-refractivity contribution in [2.75, 3.05) is 5.32 Å². The fourth-order valence-corrected chi connectivity index (χ4v) is 1.93. The van der Waals surface area contributed by atoms with Crippen molar-refractivity contribution in [3.8, 4) is 0 Å². The van der Waals surface area contributed by atoms with Crippen molar-refractivity contribution < 1.29 is 4.79 Å². The van der Waals surface area contributed by atoms with Gasteiger partial charge in [0.2, 0.25) is 5.28 Å². The summed E-state index contributed by atoms with van der Waals surface area (Å²) in [5.74, 6) is 0.136. The normalized spacial score (nSPS) is 10.6. The minimum atomic E-state index is -0.238. The predicted octanol–water partition coefficient (Wildman–Crippen LogP) is 2.86. The quantitative estimate of drug-likeness (QED) is 0.705. The Kier molecular flexibility index (Phi) is 2.89. The van der Waals surface area contributed by atoms with E-state index in [9.17, 15) is 4.79 Å². The number of anilines is 1. The molecule has 6 heteroatoms. The third kappa shape index (κ3) is 2.41. The van der Waals surface area contributed by atoms with Gasteiger partial charge in [-0.05, 0) is 41.9 Å². The van der Waals surface area contributed by atoms with Gasteiger partial charge in [0.1, 0.15) is 5.82 Å². The second-order valence-electron chi connectivity index (χ2n) is 3.94. The Bertz CT molecular complexity index is 753. The van der Waals surface area contributed by atoms with Crippen LogP contribution in [-0.2, 0) is 0 Å². The van der Waals surface area contributed by atoms with E-state index >= 15 is 0 Å². The van der Waals surface area contributed by atoms with Crippen molar-refractivity contribution in [2.24, 2.45) is 0 Å². The van der Waals surface area contributed by atoms with Crippen molar-refractivity contribution in [1.82, 2.24) is 15.0 Å². The van der Waals surface area contributed by atoms with Crippen LogP contribution in [-0.4, -0.2) is 20.9 Å². The summed E-state index contributed by atoms with van der Waals surface area (Å²) in [6, 6.07) is 8.91. The van der Waals surface area contributed by atoms with E-state index in [0.717, 1.165) is 10.9 Å². The Hall–Kier alpha value is -2.40. The van der Waals surface area contributed by atoms with Crippen LogP contribution in [0.15, 0.2) is 42.7 Å². The topological polar surface area (TPSA) is 70.7 Å². The lowest BCUT2D eigenvalue weighted by molar-refractivity contribution is 0.102. The maximum atomic E-state index is 12.1. The van der Waals surface area contributed by atoms with E-state index in [0.29, 0.717) is 11.4 Å². The van der Waals surface area contributed by atoms with Crippen molar-refractivity contribution in [1.29, 1.82) is 0 Å². The molecule has 0 fully saturated rings. The molecule has 0 aliphatic rings. The van der Waals surface area contributed by atoms with Crippen LogP contribution >= 0.6 is 11.6 Å². The molecule has 0 aliphatic carbocycles. The highest BCUT2D eigenvalue weighted by atomic mass is 35.5. The maximum Gasteiger partial charge on any atom is 0.256 e. The standard InChI is InChI=1S/C13H9ClN4O/c14-13-16-6-4-11(18-13)17-12(19)9-1-2-10-8(7-9)3-5-15-10/h1-7,15H,(H,16,17,18,19). The van der Waals surface area contributed by atoms with Crippen LogP contribution in [0.3, 0.4) is 0 Å². The number of hydrogen-bond acceptors (Lipinski definition) is 3. The Morgan fingerprint density at radius 2 is 2.16 bits per heavy atom. The highest BCUT2D eigenvalue weighted by Gasteiger charge is 2.08.